The quantitative estimate of drug-likeness (QED) is 0.375. The second-order valence-electron chi connectivity index (χ2n) is 9.48. The SMILES string of the molecule is CN(CCCCCC1CCC(N(C)S(=O)(=O)c2ccc(C(F)(F)F)cc2)CC1)C(C)(C)O. The van der Waals surface area contributed by atoms with Gasteiger partial charge in [0.2, 0.25) is 10.0 Å². The minimum absolute atomic E-state index is 0.105. The van der Waals surface area contributed by atoms with E-state index < -0.39 is 27.5 Å². The van der Waals surface area contributed by atoms with Crippen molar-refractivity contribution >= 4 is 10.0 Å². The molecule has 5 nitrogen and oxygen atoms in total. The van der Waals surface area contributed by atoms with E-state index in [0.29, 0.717) is 5.92 Å². The van der Waals surface area contributed by atoms with Gasteiger partial charge in [0.25, 0.3) is 0 Å². The minimum atomic E-state index is -4.49. The molecule has 0 amide bonds. The molecule has 2 rings (SSSR count). The van der Waals surface area contributed by atoms with E-state index in [1.54, 1.807) is 13.8 Å². The zero-order valence-corrected chi connectivity index (χ0v) is 20.3. The van der Waals surface area contributed by atoms with Gasteiger partial charge in [0.05, 0.1) is 10.5 Å². The molecule has 0 spiro atoms. The van der Waals surface area contributed by atoms with Crippen LogP contribution < -0.4 is 0 Å². The van der Waals surface area contributed by atoms with E-state index in [2.05, 4.69) is 0 Å². The molecule has 0 aromatic heterocycles. The zero-order valence-electron chi connectivity index (χ0n) is 19.5. The summed E-state index contributed by atoms with van der Waals surface area (Å²) in [5, 5.41) is 9.92. The first-order valence-corrected chi connectivity index (χ1v) is 12.8. The summed E-state index contributed by atoms with van der Waals surface area (Å²) in [6.07, 6.45) is 3.33. The lowest BCUT2D eigenvalue weighted by molar-refractivity contribution is -0.137. The Balaban J connectivity index is 1.78. The van der Waals surface area contributed by atoms with Crippen molar-refractivity contribution in [2.75, 3.05) is 20.6 Å². The highest BCUT2D eigenvalue weighted by molar-refractivity contribution is 7.89. The molecule has 0 unspecified atom stereocenters. The van der Waals surface area contributed by atoms with Crippen LogP contribution in [0.5, 0.6) is 0 Å². The summed E-state index contributed by atoms with van der Waals surface area (Å²) in [7, 11) is -0.384. The van der Waals surface area contributed by atoms with Crippen molar-refractivity contribution in [1.29, 1.82) is 0 Å². The zero-order chi connectivity index (χ0) is 24.2. The maximum atomic E-state index is 12.9. The first-order chi connectivity index (χ1) is 14.7. The molecule has 0 atom stereocenters. The van der Waals surface area contributed by atoms with Crippen molar-refractivity contribution in [2.24, 2.45) is 5.92 Å². The third kappa shape index (κ3) is 7.43. The molecule has 1 aliphatic carbocycles. The van der Waals surface area contributed by atoms with Crippen LogP contribution in [0.25, 0.3) is 0 Å². The van der Waals surface area contributed by atoms with E-state index in [4.69, 9.17) is 0 Å². The van der Waals surface area contributed by atoms with Crippen LogP contribution >= 0.6 is 0 Å². The Morgan fingerprint density at radius 1 is 0.969 bits per heavy atom. The summed E-state index contributed by atoms with van der Waals surface area (Å²) in [4.78, 5) is 1.83. The Labute approximate surface area is 190 Å². The highest BCUT2D eigenvalue weighted by Gasteiger charge is 2.33. The Bertz CT molecular complexity index is 812. The molecule has 1 saturated carbocycles. The van der Waals surface area contributed by atoms with E-state index in [1.807, 2.05) is 11.9 Å². The lowest BCUT2D eigenvalue weighted by Crippen LogP contribution is -2.41. The average molecular weight is 479 g/mol. The number of sulfonamides is 1. The third-order valence-electron chi connectivity index (χ3n) is 6.73. The van der Waals surface area contributed by atoms with Crippen LogP contribution in [-0.2, 0) is 16.2 Å². The van der Waals surface area contributed by atoms with Gasteiger partial charge >= 0.3 is 6.18 Å². The predicted molar refractivity (Wildman–Crippen MR) is 120 cm³/mol. The second kappa shape index (κ2) is 10.8. The number of unbranched alkanes of at least 4 members (excludes halogenated alkanes) is 2. The maximum Gasteiger partial charge on any atom is 0.416 e. The minimum Gasteiger partial charge on any atom is -0.376 e. The topological polar surface area (TPSA) is 60.9 Å². The largest absolute Gasteiger partial charge is 0.416 e. The highest BCUT2D eigenvalue weighted by atomic mass is 32.2. The number of hydrogen-bond acceptors (Lipinski definition) is 4. The smallest absolute Gasteiger partial charge is 0.376 e. The summed E-state index contributed by atoms with van der Waals surface area (Å²) in [6, 6.07) is 3.58. The first kappa shape index (κ1) is 27.1. The van der Waals surface area contributed by atoms with Gasteiger partial charge in [-0.3, -0.25) is 4.90 Å². The maximum absolute atomic E-state index is 12.9. The molecule has 1 fully saturated rings. The van der Waals surface area contributed by atoms with Crippen molar-refractivity contribution in [3.05, 3.63) is 29.8 Å². The average Bonchev–Trinajstić information content (AvgIpc) is 2.72. The fourth-order valence-electron chi connectivity index (χ4n) is 4.21. The van der Waals surface area contributed by atoms with Crippen molar-refractivity contribution in [3.8, 4) is 0 Å². The molecular formula is C23H37F3N2O3S. The number of rotatable bonds is 10. The fourth-order valence-corrected chi connectivity index (χ4v) is 5.62. The van der Waals surface area contributed by atoms with Gasteiger partial charge in [0.15, 0.2) is 0 Å². The second-order valence-corrected chi connectivity index (χ2v) is 11.5. The Kier molecular flexibility index (Phi) is 9.18. The van der Waals surface area contributed by atoms with Crippen LogP contribution in [0.4, 0.5) is 13.2 Å². The van der Waals surface area contributed by atoms with Crippen LogP contribution in [0.2, 0.25) is 0 Å². The number of benzene rings is 1. The molecule has 1 N–H and O–H groups in total. The first-order valence-electron chi connectivity index (χ1n) is 11.3. The molecule has 184 valence electrons. The van der Waals surface area contributed by atoms with Crippen LogP contribution in [0, 0.1) is 5.92 Å². The monoisotopic (exact) mass is 478 g/mol. The summed E-state index contributed by atoms with van der Waals surface area (Å²) in [6.45, 7) is 4.41. The molecule has 0 radical (unpaired) electrons. The molecule has 32 heavy (non-hydrogen) atoms. The van der Waals surface area contributed by atoms with Crippen molar-refractivity contribution in [3.63, 3.8) is 0 Å². The van der Waals surface area contributed by atoms with Gasteiger partial charge in [-0.2, -0.15) is 17.5 Å². The summed E-state index contributed by atoms with van der Waals surface area (Å²) < 4.78 is 65.3. The summed E-state index contributed by atoms with van der Waals surface area (Å²) in [5.41, 5.74) is -1.66. The van der Waals surface area contributed by atoms with Gasteiger partial charge < -0.3 is 5.11 Å². The number of nitrogens with zero attached hydrogens (tertiary/aromatic N) is 2. The van der Waals surface area contributed by atoms with Crippen molar-refractivity contribution in [1.82, 2.24) is 9.21 Å². The molecule has 0 bridgehead atoms. The molecule has 0 heterocycles. The third-order valence-corrected chi connectivity index (χ3v) is 8.65. The highest BCUT2D eigenvalue weighted by Crippen LogP contribution is 2.34. The lowest BCUT2D eigenvalue weighted by Gasteiger charge is -2.34. The van der Waals surface area contributed by atoms with E-state index in [9.17, 15) is 26.7 Å². The van der Waals surface area contributed by atoms with Gasteiger partial charge in [0, 0.05) is 19.6 Å². The number of halogens is 3. The fraction of sp³-hybridized carbons (Fsp3) is 0.739. The number of alkyl halides is 3. The van der Waals surface area contributed by atoms with E-state index >= 15 is 0 Å². The number of hydrogen-bond donors (Lipinski definition) is 1. The van der Waals surface area contributed by atoms with Crippen molar-refractivity contribution < 1.29 is 26.7 Å². The van der Waals surface area contributed by atoms with Gasteiger partial charge in [-0.1, -0.05) is 19.3 Å². The summed E-state index contributed by atoms with van der Waals surface area (Å²) in [5.74, 6) is 0.584. The van der Waals surface area contributed by atoms with Crippen LogP contribution in [0.15, 0.2) is 29.2 Å². The van der Waals surface area contributed by atoms with Crippen LogP contribution in [0.3, 0.4) is 0 Å². The molecular weight excluding hydrogens is 441 g/mol. The Morgan fingerprint density at radius 3 is 2.03 bits per heavy atom. The molecule has 0 aliphatic heterocycles. The van der Waals surface area contributed by atoms with E-state index in [0.717, 1.165) is 82.2 Å². The molecule has 9 heteroatoms. The van der Waals surface area contributed by atoms with Crippen LogP contribution in [-0.4, -0.2) is 55.1 Å². The van der Waals surface area contributed by atoms with E-state index in [-0.39, 0.29) is 10.9 Å². The Hall–Kier alpha value is -1.16. The molecule has 1 aromatic carbocycles. The van der Waals surface area contributed by atoms with Gasteiger partial charge in [-0.25, -0.2) is 8.42 Å². The molecule has 0 saturated heterocycles. The van der Waals surface area contributed by atoms with Gasteiger partial charge in [0.1, 0.15) is 5.72 Å². The normalized spacial score (nSPS) is 20.8. The van der Waals surface area contributed by atoms with Gasteiger partial charge in [-0.15, -0.1) is 0 Å². The van der Waals surface area contributed by atoms with Crippen molar-refractivity contribution in [2.45, 2.75) is 88.1 Å². The standard InChI is InChI=1S/C23H37F3N2O3S/c1-22(2,29)27(3)17-7-5-6-8-18-9-13-20(14-10-18)28(4)32(30,31)21-15-11-19(12-16-21)23(24,25)26/h11-12,15-16,18,20,29H,5-10,13-14,17H2,1-4H3. The molecule has 1 aromatic rings. The molecule has 1 aliphatic rings. The van der Waals surface area contributed by atoms with Crippen LogP contribution in [0.1, 0.15) is 70.8 Å². The van der Waals surface area contributed by atoms with Gasteiger partial charge in [-0.05, 0) is 83.2 Å². The number of aliphatic hydroxyl groups is 1. The van der Waals surface area contributed by atoms with E-state index in [1.165, 1.54) is 11.4 Å². The predicted octanol–water partition coefficient (Wildman–Crippen LogP) is 5.11. The Morgan fingerprint density at radius 2 is 1.53 bits per heavy atom. The lowest BCUT2D eigenvalue weighted by atomic mass is 9.83. The summed E-state index contributed by atoms with van der Waals surface area (Å²) >= 11 is 0.